The minimum Gasteiger partial charge on any atom is -0.439 e. The molecule has 5 rings (SSSR count). The van der Waals surface area contributed by atoms with Crippen LogP contribution in [-0.2, 0) is 38.3 Å². The number of halogens is 1. The molecule has 1 aromatic heterocycles. The molecule has 1 fully saturated rings. The van der Waals surface area contributed by atoms with E-state index >= 15 is 0 Å². The quantitative estimate of drug-likeness (QED) is 0.0955. The lowest BCUT2D eigenvalue weighted by Crippen LogP contribution is -2.44. The Balaban J connectivity index is 1.42. The number of anilines is 2. The van der Waals surface area contributed by atoms with Gasteiger partial charge in [0.15, 0.2) is 18.4 Å². The van der Waals surface area contributed by atoms with Crippen LogP contribution in [0.3, 0.4) is 0 Å². The van der Waals surface area contributed by atoms with Gasteiger partial charge in [-0.25, -0.2) is 23.3 Å². The summed E-state index contributed by atoms with van der Waals surface area (Å²) < 4.78 is 54.1. The van der Waals surface area contributed by atoms with Crippen LogP contribution in [0, 0.1) is 3.57 Å². The second kappa shape index (κ2) is 16.3. The van der Waals surface area contributed by atoms with Crippen LogP contribution in [0.5, 0.6) is 0 Å². The van der Waals surface area contributed by atoms with Crippen LogP contribution < -0.4 is 21.9 Å². The zero-order valence-corrected chi connectivity index (χ0v) is 29.5. The molecular weight excluding hydrogens is 813 g/mol. The van der Waals surface area contributed by atoms with Crippen LogP contribution in [0.1, 0.15) is 11.8 Å². The number of H-pyrrole nitrogens is 1. The zero-order valence-electron chi connectivity index (χ0n) is 25.6. The van der Waals surface area contributed by atoms with Gasteiger partial charge in [-0.2, -0.15) is 0 Å². The van der Waals surface area contributed by atoms with Crippen molar-refractivity contribution in [2.24, 2.45) is 0 Å². The molecule has 1 saturated heterocycles. The highest BCUT2D eigenvalue weighted by Crippen LogP contribution is 2.61. The first-order chi connectivity index (χ1) is 23.8. The topological polar surface area (TPSA) is 234 Å². The van der Waals surface area contributed by atoms with Crippen LogP contribution in [0.2, 0.25) is 0 Å². The third-order valence-corrected chi connectivity index (χ3v) is 11.0. The van der Waals surface area contributed by atoms with Gasteiger partial charge in [0.25, 0.3) is 5.56 Å². The molecule has 20 heteroatoms. The molecule has 0 aliphatic carbocycles. The molecule has 3 aromatic carbocycles. The smallest absolute Gasteiger partial charge is 0.439 e. The third-order valence-electron chi connectivity index (χ3n) is 6.90. The Bertz CT molecular complexity index is 2030. The van der Waals surface area contributed by atoms with Gasteiger partial charge in [0.05, 0.1) is 12.8 Å². The van der Waals surface area contributed by atoms with Crippen molar-refractivity contribution >= 4 is 61.6 Å². The molecule has 2 unspecified atom stereocenters. The van der Waals surface area contributed by atoms with E-state index in [4.69, 9.17) is 18.7 Å². The van der Waals surface area contributed by atoms with Crippen LogP contribution in [-0.4, -0.2) is 56.4 Å². The first-order valence-corrected chi connectivity index (χ1v) is 18.9. The number of phosphoric acid groups is 1. The van der Waals surface area contributed by atoms with E-state index in [0.717, 1.165) is 16.8 Å². The lowest BCUT2D eigenvalue weighted by atomic mass is 10.1. The van der Waals surface area contributed by atoms with E-state index in [1.54, 1.807) is 84.9 Å². The summed E-state index contributed by atoms with van der Waals surface area (Å²) in [7, 11) is -10.1. The van der Waals surface area contributed by atoms with E-state index in [-0.39, 0.29) is 0 Å². The number of amides is 2. The lowest BCUT2D eigenvalue weighted by Gasteiger charge is -2.25. The van der Waals surface area contributed by atoms with Gasteiger partial charge in [-0.05, 0) is 58.5 Å². The molecule has 0 spiro atoms. The molecule has 2 heterocycles. The van der Waals surface area contributed by atoms with Crippen molar-refractivity contribution in [1.29, 1.82) is 0 Å². The molecule has 50 heavy (non-hydrogen) atoms. The number of aromatic nitrogens is 2. The number of para-hydroxylation sites is 2. The highest BCUT2D eigenvalue weighted by molar-refractivity contribution is 14.1. The number of benzene rings is 3. The number of nitrogens with one attached hydrogen (secondary N) is 3. The average molecular weight is 842 g/mol. The van der Waals surface area contributed by atoms with Gasteiger partial charge < -0.3 is 24.0 Å². The number of hydrogen-bond acceptors (Lipinski definition) is 11. The Morgan fingerprint density at radius 3 is 1.98 bits per heavy atom. The van der Waals surface area contributed by atoms with Crippen molar-refractivity contribution in [1.82, 2.24) is 9.55 Å². The second-order valence-electron chi connectivity index (χ2n) is 10.5. The number of rotatable bonds is 12. The van der Waals surface area contributed by atoms with Gasteiger partial charge in [0.2, 0.25) is 0 Å². The number of carbonyl (C=O) groups excluding carboxylic acids is 2. The number of hydrogen-bond donors (Lipinski definition) is 5. The van der Waals surface area contributed by atoms with Gasteiger partial charge in [-0.3, -0.25) is 34.1 Å². The van der Waals surface area contributed by atoms with E-state index < -0.39 is 76.2 Å². The van der Waals surface area contributed by atoms with E-state index in [9.17, 15) is 38.1 Å². The molecule has 1 aliphatic heterocycles. The fraction of sp³-hybridized carbons (Fsp3) is 0.200. The van der Waals surface area contributed by atoms with E-state index in [2.05, 4.69) is 14.9 Å². The fourth-order valence-corrected chi connectivity index (χ4v) is 8.40. The van der Waals surface area contributed by atoms with Gasteiger partial charge in [-0.1, -0.05) is 54.6 Å². The largest absolute Gasteiger partial charge is 0.479 e. The van der Waals surface area contributed by atoms with Crippen molar-refractivity contribution in [3.63, 3.8) is 0 Å². The minimum atomic E-state index is -5.32. The highest BCUT2D eigenvalue weighted by atomic mass is 127. The van der Waals surface area contributed by atoms with E-state index in [0.29, 0.717) is 20.5 Å². The first kappa shape index (κ1) is 37.1. The summed E-state index contributed by atoms with van der Waals surface area (Å²) in [6.45, 7) is -0.950. The van der Waals surface area contributed by atoms with Crippen LogP contribution in [0.15, 0.2) is 107 Å². The summed E-state index contributed by atoms with van der Waals surface area (Å²) in [6.07, 6.45) is -8.22. The van der Waals surface area contributed by atoms with Crippen molar-refractivity contribution in [2.45, 2.75) is 30.7 Å². The van der Waals surface area contributed by atoms with Crippen LogP contribution >= 0.6 is 38.0 Å². The molecule has 264 valence electrons. The van der Waals surface area contributed by atoms with E-state index in [1.807, 2.05) is 27.6 Å². The molecule has 17 nitrogen and oxygen atoms in total. The lowest BCUT2D eigenvalue weighted by molar-refractivity contribution is -0.0552. The maximum atomic E-state index is 13.1. The van der Waals surface area contributed by atoms with Crippen molar-refractivity contribution in [3.8, 4) is 0 Å². The molecule has 0 bridgehead atoms. The molecule has 1 aliphatic rings. The molecule has 4 aromatic rings. The summed E-state index contributed by atoms with van der Waals surface area (Å²) in [6, 6.07) is 23.7. The Morgan fingerprint density at radius 1 is 0.840 bits per heavy atom. The van der Waals surface area contributed by atoms with Gasteiger partial charge in [-0.15, -0.1) is 0 Å². The molecular formula is C30H29IN4O13P2. The average Bonchev–Trinajstić information content (AvgIpc) is 3.37. The number of aromatic amines is 1. The summed E-state index contributed by atoms with van der Waals surface area (Å²) >= 11 is 1.93. The highest BCUT2D eigenvalue weighted by Gasteiger charge is 2.52. The SMILES string of the molecule is O=C(Nc1ccccc1)O[C@@H]1[C@H](OC(=O)Nc2ccccc2)[C@@H](COP(=O)(O)OP(=O)(O)Cc2ccccc2I)O[C@H]1n1ccc(=O)[nH]c1=O. The van der Waals surface area contributed by atoms with Crippen molar-refractivity contribution in [3.05, 3.63) is 127 Å². The van der Waals surface area contributed by atoms with Crippen LogP contribution in [0.4, 0.5) is 21.0 Å². The van der Waals surface area contributed by atoms with Gasteiger partial charge >= 0.3 is 33.3 Å². The molecule has 0 radical (unpaired) electrons. The first-order valence-electron chi connectivity index (χ1n) is 14.5. The molecule has 5 N–H and O–H groups in total. The maximum Gasteiger partial charge on any atom is 0.479 e. The summed E-state index contributed by atoms with van der Waals surface area (Å²) in [5, 5.41) is 4.96. The molecule has 6 atom stereocenters. The normalized spacial score (nSPS) is 20.9. The molecule has 0 saturated carbocycles. The number of phosphoric ester groups is 1. The van der Waals surface area contributed by atoms with Gasteiger partial charge in [0.1, 0.15) is 6.10 Å². The standard InChI is InChI=1S/C30H29IN4O13P2/c31-22-14-8-7-9-19(22)18-49(40,41)48-50(42,43)44-17-23-25(46-29(38)32-20-10-3-1-4-11-20)26(47-30(39)33-21-12-5-2-6-13-21)27(45-23)35-16-15-24(36)34-28(35)37/h1-16,23,25-27H,17-18H2,(H,32,38)(H,33,39)(H,40,41)(H,42,43)(H,34,36,37)/t23-,25-,26-,27-/m1/s1. The predicted molar refractivity (Wildman–Crippen MR) is 185 cm³/mol. The number of nitrogens with zero attached hydrogens (tertiary/aromatic N) is 1. The van der Waals surface area contributed by atoms with Crippen molar-refractivity contribution in [2.75, 3.05) is 17.2 Å². The Kier molecular flexibility index (Phi) is 12.1. The molecule has 2 amide bonds. The summed E-state index contributed by atoms with van der Waals surface area (Å²) in [5.41, 5.74) is -0.738. The maximum absolute atomic E-state index is 13.1. The Morgan fingerprint density at radius 2 is 1.40 bits per heavy atom. The summed E-state index contributed by atoms with van der Waals surface area (Å²) in [5.74, 6) is 0. The Hall–Kier alpha value is -4.13. The summed E-state index contributed by atoms with van der Waals surface area (Å²) in [4.78, 5) is 73.7. The third kappa shape index (κ3) is 10.2. The van der Waals surface area contributed by atoms with Crippen molar-refractivity contribution < 1.29 is 51.6 Å². The Labute approximate surface area is 296 Å². The fourth-order valence-electron chi connectivity index (χ4n) is 4.77. The van der Waals surface area contributed by atoms with Gasteiger partial charge in [0, 0.05) is 27.2 Å². The van der Waals surface area contributed by atoms with Crippen LogP contribution in [0.25, 0.3) is 0 Å². The number of ether oxygens (including phenoxy) is 3. The zero-order chi connectivity index (χ0) is 35.9. The monoisotopic (exact) mass is 842 g/mol. The van der Waals surface area contributed by atoms with E-state index in [1.165, 1.54) is 0 Å². The predicted octanol–water partition coefficient (Wildman–Crippen LogP) is 4.79. The second-order valence-corrected chi connectivity index (χ2v) is 15.1. The number of carbonyl (C=O) groups is 2. The minimum absolute atomic E-state index is 0.317.